The normalized spacial score (nSPS) is 25.1. The van der Waals surface area contributed by atoms with Gasteiger partial charge in [0.25, 0.3) is 0 Å². The van der Waals surface area contributed by atoms with E-state index in [-0.39, 0.29) is 18.2 Å². The summed E-state index contributed by atoms with van der Waals surface area (Å²) in [5.74, 6) is -0.990. The summed E-state index contributed by atoms with van der Waals surface area (Å²) in [6.07, 6.45) is 0.806. The highest BCUT2D eigenvalue weighted by molar-refractivity contribution is 7.89. The zero-order chi connectivity index (χ0) is 14.7. The molecule has 0 aromatic rings. The molecule has 6 nitrogen and oxygen atoms in total. The summed E-state index contributed by atoms with van der Waals surface area (Å²) in [7, 11) is -1.86. The van der Waals surface area contributed by atoms with Gasteiger partial charge in [0.05, 0.1) is 11.2 Å². The molecule has 0 aliphatic carbocycles. The molecule has 1 N–H and O–H groups in total. The molecular formula is C12H23NO5S. The summed E-state index contributed by atoms with van der Waals surface area (Å²) in [6.45, 7) is 4.42. The largest absolute Gasteiger partial charge is 0.481 e. The van der Waals surface area contributed by atoms with Crippen molar-refractivity contribution in [3.63, 3.8) is 0 Å². The maximum absolute atomic E-state index is 12.1. The van der Waals surface area contributed by atoms with E-state index in [1.54, 1.807) is 0 Å². The second-order valence-corrected chi connectivity index (χ2v) is 7.45. The predicted octanol–water partition coefficient (Wildman–Crippen LogP) is 0.785. The van der Waals surface area contributed by atoms with Crippen molar-refractivity contribution < 1.29 is 23.1 Å². The number of rotatable bonds is 7. The van der Waals surface area contributed by atoms with Gasteiger partial charge in [-0.05, 0) is 18.8 Å². The van der Waals surface area contributed by atoms with E-state index in [2.05, 4.69) is 0 Å². The Bertz CT molecular complexity index is 420. The van der Waals surface area contributed by atoms with E-state index in [4.69, 9.17) is 4.74 Å². The van der Waals surface area contributed by atoms with E-state index < -0.39 is 21.4 Å². The molecule has 1 unspecified atom stereocenters. The summed E-state index contributed by atoms with van der Waals surface area (Å²) in [4.78, 5) is 11.5. The average Bonchev–Trinajstić information content (AvgIpc) is 2.75. The fourth-order valence-electron chi connectivity index (χ4n) is 2.44. The summed E-state index contributed by atoms with van der Waals surface area (Å²) in [5.41, 5.74) is -0.950. The van der Waals surface area contributed by atoms with Gasteiger partial charge in [-0.2, -0.15) is 0 Å². The van der Waals surface area contributed by atoms with Crippen LogP contribution in [0.25, 0.3) is 0 Å². The van der Waals surface area contributed by atoms with Crippen LogP contribution in [0.4, 0.5) is 0 Å². The second kappa shape index (κ2) is 6.19. The topological polar surface area (TPSA) is 83.9 Å². The molecule has 1 aliphatic rings. The van der Waals surface area contributed by atoms with E-state index in [0.29, 0.717) is 26.0 Å². The van der Waals surface area contributed by atoms with Crippen LogP contribution in [-0.2, 0) is 19.6 Å². The van der Waals surface area contributed by atoms with Gasteiger partial charge in [0.15, 0.2) is 0 Å². The Morgan fingerprint density at radius 1 is 1.47 bits per heavy atom. The number of hydrogen-bond donors (Lipinski definition) is 1. The first-order chi connectivity index (χ1) is 8.76. The van der Waals surface area contributed by atoms with Gasteiger partial charge in [0.1, 0.15) is 0 Å². The highest BCUT2D eigenvalue weighted by Gasteiger charge is 2.49. The van der Waals surface area contributed by atoms with Crippen molar-refractivity contribution in [1.29, 1.82) is 0 Å². The summed E-state index contributed by atoms with van der Waals surface area (Å²) >= 11 is 0. The number of carbonyl (C=O) groups is 1. The summed E-state index contributed by atoms with van der Waals surface area (Å²) in [6, 6.07) is 0. The van der Waals surface area contributed by atoms with Crippen molar-refractivity contribution in [1.82, 2.24) is 4.31 Å². The van der Waals surface area contributed by atoms with Crippen molar-refractivity contribution in [2.75, 3.05) is 32.6 Å². The fourth-order valence-corrected chi connectivity index (χ4v) is 3.98. The third-order valence-electron chi connectivity index (χ3n) is 3.94. The monoisotopic (exact) mass is 293 g/mol. The van der Waals surface area contributed by atoms with Crippen LogP contribution < -0.4 is 0 Å². The Labute approximate surface area is 114 Å². The number of methoxy groups -OCH3 is 1. The molecule has 0 bridgehead atoms. The van der Waals surface area contributed by atoms with Gasteiger partial charge >= 0.3 is 5.97 Å². The number of aliphatic carboxylic acids is 1. The first-order valence-electron chi connectivity index (χ1n) is 6.46. The van der Waals surface area contributed by atoms with Gasteiger partial charge in [-0.25, -0.2) is 12.7 Å². The smallest absolute Gasteiger partial charge is 0.311 e. The third kappa shape index (κ3) is 3.46. The highest BCUT2D eigenvalue weighted by Crippen LogP contribution is 2.39. The molecule has 1 rings (SSSR count). The van der Waals surface area contributed by atoms with Crippen LogP contribution in [-0.4, -0.2) is 56.4 Å². The molecule has 7 heteroatoms. The molecule has 1 fully saturated rings. The standard InChI is InChI=1S/C12H23NO5S/c1-10(2)12(11(14)15)5-6-13(9-12)19(16,17)8-4-7-18-3/h10H,4-9H2,1-3H3,(H,14,15). The van der Waals surface area contributed by atoms with Crippen LogP contribution in [0, 0.1) is 11.3 Å². The van der Waals surface area contributed by atoms with Crippen molar-refractivity contribution in [3.8, 4) is 0 Å². The van der Waals surface area contributed by atoms with Crippen LogP contribution >= 0.6 is 0 Å². The van der Waals surface area contributed by atoms with E-state index in [1.165, 1.54) is 11.4 Å². The van der Waals surface area contributed by atoms with Crippen LogP contribution in [0.5, 0.6) is 0 Å². The molecule has 0 aromatic carbocycles. The average molecular weight is 293 g/mol. The number of sulfonamides is 1. The van der Waals surface area contributed by atoms with Gasteiger partial charge in [-0.3, -0.25) is 4.79 Å². The lowest BCUT2D eigenvalue weighted by molar-refractivity contribution is -0.150. The molecule has 1 heterocycles. The van der Waals surface area contributed by atoms with Gasteiger partial charge in [-0.15, -0.1) is 0 Å². The Hall–Kier alpha value is -0.660. The van der Waals surface area contributed by atoms with Crippen molar-refractivity contribution in [2.24, 2.45) is 11.3 Å². The van der Waals surface area contributed by atoms with E-state index in [9.17, 15) is 18.3 Å². The number of carboxylic acid groups (broad SMARTS) is 1. The quantitative estimate of drug-likeness (QED) is 0.701. The third-order valence-corrected chi connectivity index (χ3v) is 5.84. The number of carboxylic acids is 1. The van der Waals surface area contributed by atoms with Crippen LogP contribution in [0.2, 0.25) is 0 Å². The van der Waals surface area contributed by atoms with Crippen molar-refractivity contribution >= 4 is 16.0 Å². The van der Waals surface area contributed by atoms with E-state index in [1.807, 2.05) is 13.8 Å². The molecule has 112 valence electrons. The van der Waals surface area contributed by atoms with Crippen LogP contribution in [0.15, 0.2) is 0 Å². The minimum Gasteiger partial charge on any atom is -0.481 e. The van der Waals surface area contributed by atoms with Gasteiger partial charge in [0, 0.05) is 26.8 Å². The minimum atomic E-state index is -3.38. The molecule has 0 radical (unpaired) electrons. The molecule has 1 aliphatic heterocycles. The Balaban J connectivity index is 2.76. The molecule has 0 aromatic heterocycles. The SMILES string of the molecule is COCCCS(=O)(=O)N1CCC(C(=O)O)(C(C)C)C1. The summed E-state index contributed by atoms with van der Waals surface area (Å²) < 4.78 is 30.4. The van der Waals surface area contributed by atoms with Crippen LogP contribution in [0.1, 0.15) is 26.7 Å². The Kier molecular flexibility index (Phi) is 5.34. The fraction of sp³-hybridized carbons (Fsp3) is 0.917. The minimum absolute atomic E-state index is 0.00857. The molecule has 1 atom stereocenters. The first-order valence-corrected chi connectivity index (χ1v) is 8.07. The first kappa shape index (κ1) is 16.4. The molecule has 0 spiro atoms. The molecule has 19 heavy (non-hydrogen) atoms. The van der Waals surface area contributed by atoms with Crippen LogP contribution in [0.3, 0.4) is 0 Å². The zero-order valence-corrected chi connectivity index (χ0v) is 12.6. The molecule has 1 saturated heterocycles. The molecule has 0 saturated carbocycles. The Morgan fingerprint density at radius 3 is 2.53 bits per heavy atom. The lowest BCUT2D eigenvalue weighted by atomic mass is 9.77. The molecular weight excluding hydrogens is 270 g/mol. The number of hydrogen-bond acceptors (Lipinski definition) is 4. The number of ether oxygens (including phenoxy) is 1. The summed E-state index contributed by atoms with van der Waals surface area (Å²) in [5, 5.41) is 9.39. The lowest BCUT2D eigenvalue weighted by Gasteiger charge is -2.28. The van der Waals surface area contributed by atoms with Crippen molar-refractivity contribution in [3.05, 3.63) is 0 Å². The van der Waals surface area contributed by atoms with Gasteiger partial charge < -0.3 is 9.84 Å². The zero-order valence-electron chi connectivity index (χ0n) is 11.8. The maximum atomic E-state index is 12.1. The Morgan fingerprint density at radius 2 is 2.11 bits per heavy atom. The van der Waals surface area contributed by atoms with Gasteiger partial charge in [-0.1, -0.05) is 13.8 Å². The lowest BCUT2D eigenvalue weighted by Crippen LogP contribution is -2.41. The maximum Gasteiger partial charge on any atom is 0.311 e. The molecule has 0 amide bonds. The van der Waals surface area contributed by atoms with Gasteiger partial charge in [0.2, 0.25) is 10.0 Å². The number of nitrogens with zero attached hydrogens (tertiary/aromatic N) is 1. The highest BCUT2D eigenvalue weighted by atomic mass is 32.2. The van der Waals surface area contributed by atoms with E-state index in [0.717, 1.165) is 0 Å². The second-order valence-electron chi connectivity index (χ2n) is 5.36. The van der Waals surface area contributed by atoms with Crippen molar-refractivity contribution in [2.45, 2.75) is 26.7 Å². The predicted molar refractivity (Wildman–Crippen MR) is 71.4 cm³/mol. The van der Waals surface area contributed by atoms with E-state index >= 15 is 0 Å².